The van der Waals surface area contributed by atoms with Crippen molar-refractivity contribution in [3.8, 4) is 5.75 Å². The van der Waals surface area contributed by atoms with Crippen LogP contribution in [0.1, 0.15) is 82.9 Å². The third-order valence-corrected chi connectivity index (χ3v) is 8.69. The van der Waals surface area contributed by atoms with Crippen LogP contribution in [0.15, 0.2) is 58.9 Å². The molecule has 0 amide bonds. The van der Waals surface area contributed by atoms with Gasteiger partial charge >= 0.3 is 0 Å². The van der Waals surface area contributed by atoms with E-state index in [4.69, 9.17) is 27.9 Å². The fourth-order valence-corrected chi connectivity index (χ4v) is 7.09. The van der Waals surface area contributed by atoms with Crippen molar-refractivity contribution in [2.75, 3.05) is 6.54 Å². The Hall–Kier alpha value is -2.56. The summed E-state index contributed by atoms with van der Waals surface area (Å²) in [5, 5.41) is 0.825. The van der Waals surface area contributed by atoms with Gasteiger partial charge in [-0.3, -0.25) is 9.59 Å². The standard InChI is InChI=1S/C33H37Cl2NO3/c1-7-36-24-14-32(3,4)16-26(37)29(24)28(30-25(36)15-33(5,6)17-27(30)38)22-12-21(34)13-23(35)31(22)39-18-20-10-8-19(2)9-11-20/h8-13,28H,7,14-18H2,1-6H3. The lowest BCUT2D eigenvalue weighted by Gasteiger charge is -2.49. The van der Waals surface area contributed by atoms with Gasteiger partial charge in [-0.2, -0.15) is 0 Å². The van der Waals surface area contributed by atoms with E-state index in [-0.39, 0.29) is 22.4 Å². The molecule has 0 radical (unpaired) electrons. The van der Waals surface area contributed by atoms with Gasteiger partial charge in [0.25, 0.3) is 0 Å². The van der Waals surface area contributed by atoms with Crippen LogP contribution in [-0.4, -0.2) is 23.0 Å². The Labute approximate surface area is 242 Å². The van der Waals surface area contributed by atoms with E-state index >= 15 is 0 Å². The van der Waals surface area contributed by atoms with E-state index in [1.165, 1.54) is 5.56 Å². The van der Waals surface area contributed by atoms with Crippen molar-refractivity contribution in [2.45, 2.75) is 79.8 Å². The maximum atomic E-state index is 14.0. The first kappa shape index (κ1) is 28.0. The molecule has 1 aliphatic heterocycles. The fraction of sp³-hybridized carbons (Fsp3) is 0.455. The zero-order valence-electron chi connectivity index (χ0n) is 23.7. The number of carbonyl (C=O) groups excluding carboxylic acids is 2. The van der Waals surface area contributed by atoms with Crippen molar-refractivity contribution >= 4 is 34.8 Å². The molecule has 5 rings (SSSR count). The van der Waals surface area contributed by atoms with Gasteiger partial charge in [0.1, 0.15) is 12.4 Å². The first-order valence-corrected chi connectivity index (χ1v) is 14.5. The van der Waals surface area contributed by atoms with Crippen molar-refractivity contribution < 1.29 is 14.3 Å². The average molecular weight is 567 g/mol. The molecule has 2 aromatic carbocycles. The van der Waals surface area contributed by atoms with Gasteiger partial charge in [-0.25, -0.2) is 0 Å². The van der Waals surface area contributed by atoms with Crippen LogP contribution in [0.3, 0.4) is 0 Å². The van der Waals surface area contributed by atoms with E-state index in [9.17, 15) is 9.59 Å². The van der Waals surface area contributed by atoms with Gasteiger partial charge in [0, 0.05) is 58.4 Å². The minimum absolute atomic E-state index is 0.0782. The quantitative estimate of drug-likeness (QED) is 0.364. The summed E-state index contributed by atoms with van der Waals surface area (Å²) in [5.74, 6) is 0.0729. The van der Waals surface area contributed by atoms with E-state index in [0.717, 1.165) is 29.8 Å². The number of rotatable bonds is 5. The number of halogens is 2. The first-order valence-electron chi connectivity index (χ1n) is 13.8. The van der Waals surface area contributed by atoms with Gasteiger partial charge < -0.3 is 9.64 Å². The van der Waals surface area contributed by atoms with Gasteiger partial charge in [0.2, 0.25) is 0 Å². The number of nitrogens with zero attached hydrogens (tertiary/aromatic N) is 1. The van der Waals surface area contributed by atoms with E-state index in [1.54, 1.807) is 6.07 Å². The molecule has 6 heteroatoms. The van der Waals surface area contributed by atoms with Crippen LogP contribution < -0.4 is 4.74 Å². The molecule has 0 unspecified atom stereocenters. The number of Topliss-reactive ketones (excluding diaryl/α,β-unsaturated/α-hetero) is 2. The molecule has 39 heavy (non-hydrogen) atoms. The fourth-order valence-electron chi connectivity index (χ4n) is 6.53. The van der Waals surface area contributed by atoms with Crippen LogP contribution in [-0.2, 0) is 16.2 Å². The number of ether oxygens (including phenoxy) is 1. The zero-order chi connectivity index (χ0) is 28.3. The third kappa shape index (κ3) is 5.30. The molecule has 1 heterocycles. The largest absolute Gasteiger partial charge is 0.487 e. The van der Waals surface area contributed by atoms with Crippen molar-refractivity contribution in [1.82, 2.24) is 4.90 Å². The van der Waals surface area contributed by atoms with Gasteiger partial charge in [-0.1, -0.05) is 80.7 Å². The number of aryl methyl sites for hydroxylation is 1. The molecule has 0 N–H and O–H groups in total. The second-order valence-electron chi connectivity index (χ2n) is 12.9. The highest BCUT2D eigenvalue weighted by atomic mass is 35.5. The molecule has 0 aromatic heterocycles. The molecular weight excluding hydrogens is 529 g/mol. The number of carbonyl (C=O) groups is 2. The van der Waals surface area contributed by atoms with Gasteiger partial charge in [-0.05, 0) is 55.2 Å². The van der Waals surface area contributed by atoms with Crippen molar-refractivity contribution in [1.29, 1.82) is 0 Å². The third-order valence-electron chi connectivity index (χ3n) is 8.19. The number of hydrogen-bond acceptors (Lipinski definition) is 4. The summed E-state index contributed by atoms with van der Waals surface area (Å²) in [7, 11) is 0. The van der Waals surface area contributed by atoms with E-state index < -0.39 is 5.92 Å². The summed E-state index contributed by atoms with van der Waals surface area (Å²) in [6.07, 6.45) is 2.38. The summed E-state index contributed by atoms with van der Waals surface area (Å²) in [6, 6.07) is 11.6. The summed E-state index contributed by atoms with van der Waals surface area (Å²) < 4.78 is 6.40. The Morgan fingerprint density at radius 3 is 1.92 bits per heavy atom. The maximum absolute atomic E-state index is 14.0. The van der Waals surface area contributed by atoms with Gasteiger partial charge in [0.15, 0.2) is 11.6 Å². The summed E-state index contributed by atoms with van der Waals surface area (Å²) >= 11 is 13.4. The molecule has 0 saturated heterocycles. The van der Waals surface area contributed by atoms with Crippen molar-refractivity contribution in [2.24, 2.45) is 10.8 Å². The van der Waals surface area contributed by atoms with Crippen LogP contribution >= 0.6 is 23.2 Å². The maximum Gasteiger partial charge on any atom is 0.162 e. The highest BCUT2D eigenvalue weighted by Crippen LogP contribution is 2.56. The minimum Gasteiger partial charge on any atom is -0.487 e. The summed E-state index contributed by atoms with van der Waals surface area (Å²) in [5.41, 5.74) is 5.96. The molecule has 4 nitrogen and oxygen atoms in total. The number of benzene rings is 2. The van der Waals surface area contributed by atoms with Crippen molar-refractivity contribution in [3.63, 3.8) is 0 Å². The van der Waals surface area contributed by atoms with Crippen LogP contribution in [0.5, 0.6) is 5.75 Å². The normalized spacial score (nSPS) is 20.8. The molecule has 2 aromatic rings. The van der Waals surface area contributed by atoms with Gasteiger partial charge in [-0.15, -0.1) is 0 Å². The SMILES string of the molecule is CCN1C2=C(C(=O)CC(C)(C)C2)C(c2cc(Cl)cc(Cl)c2OCc2ccc(C)cc2)C2=C1CC(C)(C)CC2=O. The second-order valence-corrected chi connectivity index (χ2v) is 13.7. The predicted octanol–water partition coefficient (Wildman–Crippen LogP) is 8.59. The Bertz CT molecular complexity index is 1360. The van der Waals surface area contributed by atoms with Crippen LogP contribution in [0.25, 0.3) is 0 Å². The highest BCUT2D eigenvalue weighted by Gasteiger charge is 2.49. The number of allylic oxidation sites excluding steroid dienone is 4. The lowest BCUT2D eigenvalue weighted by Crippen LogP contribution is -2.44. The molecule has 0 fully saturated rings. The number of ketones is 2. The predicted molar refractivity (Wildman–Crippen MR) is 157 cm³/mol. The van der Waals surface area contributed by atoms with E-state index in [2.05, 4.69) is 39.5 Å². The smallest absolute Gasteiger partial charge is 0.162 e. The molecule has 0 saturated carbocycles. The van der Waals surface area contributed by atoms with Crippen LogP contribution in [0.2, 0.25) is 10.0 Å². The topological polar surface area (TPSA) is 46.6 Å². The molecular formula is C33H37Cl2NO3. The molecule has 0 spiro atoms. The lowest BCUT2D eigenvalue weighted by atomic mass is 9.63. The summed E-state index contributed by atoms with van der Waals surface area (Å²) in [6.45, 7) is 13.7. The lowest BCUT2D eigenvalue weighted by molar-refractivity contribution is -0.119. The van der Waals surface area contributed by atoms with Crippen LogP contribution in [0, 0.1) is 17.8 Å². The van der Waals surface area contributed by atoms with Crippen LogP contribution in [0.4, 0.5) is 0 Å². The number of hydrogen-bond donors (Lipinski definition) is 0. The van der Waals surface area contributed by atoms with Gasteiger partial charge in [0.05, 0.1) is 5.02 Å². The zero-order valence-corrected chi connectivity index (χ0v) is 25.2. The van der Waals surface area contributed by atoms with E-state index in [0.29, 0.717) is 58.5 Å². The Morgan fingerprint density at radius 2 is 1.41 bits per heavy atom. The molecule has 206 valence electrons. The molecule has 0 atom stereocenters. The minimum atomic E-state index is -0.561. The highest BCUT2D eigenvalue weighted by molar-refractivity contribution is 6.35. The van der Waals surface area contributed by atoms with E-state index in [1.807, 2.05) is 37.3 Å². The molecule has 2 aliphatic carbocycles. The summed E-state index contributed by atoms with van der Waals surface area (Å²) in [4.78, 5) is 30.2. The molecule has 3 aliphatic rings. The monoisotopic (exact) mass is 565 g/mol. The Balaban J connectivity index is 1.72. The molecule has 0 bridgehead atoms. The first-order chi connectivity index (χ1) is 18.3. The second kappa shape index (κ2) is 10.1. The Kier molecular flexibility index (Phi) is 7.26. The Morgan fingerprint density at radius 1 is 0.872 bits per heavy atom. The van der Waals surface area contributed by atoms with Crippen molar-refractivity contribution in [3.05, 3.63) is 85.7 Å². The average Bonchev–Trinajstić information content (AvgIpc) is 2.81.